The summed E-state index contributed by atoms with van der Waals surface area (Å²) in [5.41, 5.74) is 11.2. The van der Waals surface area contributed by atoms with Crippen molar-refractivity contribution in [2.75, 3.05) is 12.3 Å². The molecule has 0 atom stereocenters. The monoisotopic (exact) mass is 309 g/mol. The fourth-order valence-corrected chi connectivity index (χ4v) is 2.98. The lowest BCUT2D eigenvalue weighted by Crippen LogP contribution is -2.24. The molecule has 21 heavy (non-hydrogen) atoms. The number of nitrogens with two attached hydrogens (primary N) is 2. The van der Waals surface area contributed by atoms with Crippen LogP contribution in [0.25, 0.3) is 10.1 Å². The Labute approximate surface area is 125 Å². The standard InChI is InChI=1S/C14H16FN3O2S/c15-8-4-5-10-9(7-8)12(17)13(21-10)14(20)18-6-2-1-3-11(16)19/h4-5,7H,1-3,6,17H2,(H2,16,19)(H,18,20). The van der Waals surface area contributed by atoms with Crippen LogP contribution < -0.4 is 16.8 Å². The number of thiophene rings is 1. The van der Waals surface area contributed by atoms with Crippen LogP contribution in [0.2, 0.25) is 0 Å². The molecule has 0 aliphatic rings. The van der Waals surface area contributed by atoms with Crippen molar-refractivity contribution in [2.45, 2.75) is 19.3 Å². The van der Waals surface area contributed by atoms with Gasteiger partial charge in [0.25, 0.3) is 5.91 Å². The van der Waals surface area contributed by atoms with Gasteiger partial charge in [0.1, 0.15) is 10.7 Å². The Morgan fingerprint density at radius 1 is 1.29 bits per heavy atom. The highest BCUT2D eigenvalue weighted by Crippen LogP contribution is 2.33. The second kappa shape index (κ2) is 6.53. The minimum atomic E-state index is -0.384. The van der Waals surface area contributed by atoms with Gasteiger partial charge in [-0.25, -0.2) is 4.39 Å². The zero-order valence-corrected chi connectivity index (χ0v) is 12.1. The normalized spacial score (nSPS) is 10.7. The van der Waals surface area contributed by atoms with E-state index >= 15 is 0 Å². The van der Waals surface area contributed by atoms with Crippen LogP contribution in [0.4, 0.5) is 10.1 Å². The van der Waals surface area contributed by atoms with Gasteiger partial charge in [0.2, 0.25) is 5.91 Å². The Morgan fingerprint density at radius 2 is 2.05 bits per heavy atom. The average molecular weight is 309 g/mol. The van der Waals surface area contributed by atoms with Crippen molar-refractivity contribution in [3.63, 3.8) is 0 Å². The summed E-state index contributed by atoms with van der Waals surface area (Å²) in [7, 11) is 0. The van der Waals surface area contributed by atoms with E-state index in [9.17, 15) is 14.0 Å². The van der Waals surface area contributed by atoms with Crippen molar-refractivity contribution in [1.82, 2.24) is 5.32 Å². The third kappa shape index (κ3) is 3.69. The van der Waals surface area contributed by atoms with Crippen LogP contribution in [0, 0.1) is 5.82 Å². The molecule has 0 radical (unpaired) electrons. The molecule has 2 aromatic rings. The van der Waals surface area contributed by atoms with E-state index in [1.54, 1.807) is 6.07 Å². The summed E-state index contributed by atoms with van der Waals surface area (Å²) in [6.45, 7) is 0.439. The molecule has 1 heterocycles. The first-order chi connectivity index (χ1) is 9.99. The molecule has 0 unspecified atom stereocenters. The number of rotatable bonds is 6. The zero-order chi connectivity index (χ0) is 15.4. The molecule has 7 heteroatoms. The van der Waals surface area contributed by atoms with Gasteiger partial charge >= 0.3 is 0 Å². The summed E-state index contributed by atoms with van der Waals surface area (Å²) in [5, 5.41) is 3.29. The van der Waals surface area contributed by atoms with Gasteiger partial charge in [-0.05, 0) is 31.0 Å². The van der Waals surface area contributed by atoms with Crippen LogP contribution in [-0.2, 0) is 4.79 Å². The Morgan fingerprint density at radius 3 is 2.76 bits per heavy atom. The summed E-state index contributed by atoms with van der Waals surface area (Å²) in [6.07, 6.45) is 1.59. The maximum atomic E-state index is 13.2. The summed E-state index contributed by atoms with van der Waals surface area (Å²) in [5.74, 6) is -1.02. The third-order valence-corrected chi connectivity index (χ3v) is 4.22. The molecule has 0 aliphatic heterocycles. The first-order valence-electron chi connectivity index (χ1n) is 6.53. The van der Waals surface area contributed by atoms with Crippen LogP contribution in [0.1, 0.15) is 28.9 Å². The number of benzene rings is 1. The molecule has 0 fully saturated rings. The molecule has 2 rings (SSSR count). The van der Waals surface area contributed by atoms with E-state index in [4.69, 9.17) is 11.5 Å². The SMILES string of the molecule is NC(=O)CCCCNC(=O)c1sc2ccc(F)cc2c1N. The van der Waals surface area contributed by atoms with Crippen LogP contribution in [-0.4, -0.2) is 18.4 Å². The minimum Gasteiger partial charge on any atom is -0.397 e. The highest BCUT2D eigenvalue weighted by molar-refractivity contribution is 7.21. The quantitative estimate of drug-likeness (QED) is 0.712. The number of nitrogen functional groups attached to an aromatic ring is 1. The summed E-state index contributed by atoms with van der Waals surface area (Å²) in [6, 6.07) is 4.27. The third-order valence-electron chi connectivity index (χ3n) is 3.03. The maximum Gasteiger partial charge on any atom is 0.263 e. The first kappa shape index (κ1) is 15.2. The van der Waals surface area contributed by atoms with Gasteiger partial charge in [0.15, 0.2) is 0 Å². The first-order valence-corrected chi connectivity index (χ1v) is 7.34. The molecular formula is C14H16FN3O2S. The molecule has 112 valence electrons. The predicted molar refractivity (Wildman–Crippen MR) is 81.6 cm³/mol. The molecule has 0 saturated heterocycles. The van der Waals surface area contributed by atoms with Crippen LogP contribution >= 0.6 is 11.3 Å². The molecule has 1 aromatic carbocycles. The molecular weight excluding hydrogens is 293 g/mol. The van der Waals surface area contributed by atoms with E-state index in [1.807, 2.05) is 0 Å². The second-order valence-corrected chi connectivity index (χ2v) is 5.72. The average Bonchev–Trinajstić information content (AvgIpc) is 2.75. The number of carbonyl (C=O) groups is 2. The molecule has 5 nitrogen and oxygen atoms in total. The zero-order valence-electron chi connectivity index (χ0n) is 11.3. The minimum absolute atomic E-state index is 0.284. The Kier molecular flexibility index (Phi) is 4.74. The fourth-order valence-electron chi connectivity index (χ4n) is 1.96. The highest BCUT2D eigenvalue weighted by Gasteiger charge is 2.16. The van der Waals surface area contributed by atoms with Crippen molar-refractivity contribution in [1.29, 1.82) is 0 Å². The van der Waals surface area contributed by atoms with Gasteiger partial charge in [-0.15, -0.1) is 11.3 Å². The van der Waals surface area contributed by atoms with Gasteiger partial charge < -0.3 is 16.8 Å². The van der Waals surface area contributed by atoms with Gasteiger partial charge in [-0.1, -0.05) is 0 Å². The van der Waals surface area contributed by atoms with Crippen molar-refractivity contribution < 1.29 is 14.0 Å². The Balaban J connectivity index is 1.99. The van der Waals surface area contributed by atoms with E-state index < -0.39 is 0 Å². The summed E-state index contributed by atoms with van der Waals surface area (Å²) >= 11 is 1.23. The van der Waals surface area contributed by atoms with E-state index in [0.717, 1.165) is 4.70 Å². The fraction of sp³-hybridized carbons (Fsp3) is 0.286. The van der Waals surface area contributed by atoms with Gasteiger partial charge in [-0.2, -0.15) is 0 Å². The van der Waals surface area contributed by atoms with Crippen molar-refractivity contribution in [2.24, 2.45) is 5.73 Å². The van der Waals surface area contributed by atoms with Gasteiger partial charge in [0, 0.05) is 23.1 Å². The van der Waals surface area contributed by atoms with Crippen LogP contribution in [0.15, 0.2) is 18.2 Å². The number of amides is 2. The van der Waals surface area contributed by atoms with E-state index in [1.165, 1.54) is 23.5 Å². The molecule has 0 aliphatic carbocycles. The van der Waals surface area contributed by atoms with E-state index in [0.29, 0.717) is 41.8 Å². The van der Waals surface area contributed by atoms with Crippen molar-refractivity contribution >= 4 is 38.9 Å². The maximum absolute atomic E-state index is 13.2. The topological polar surface area (TPSA) is 98.2 Å². The number of primary amides is 1. The molecule has 1 aromatic heterocycles. The number of halogens is 1. The van der Waals surface area contributed by atoms with Crippen molar-refractivity contribution in [3.05, 3.63) is 28.9 Å². The lowest BCUT2D eigenvalue weighted by atomic mass is 10.2. The molecule has 0 bridgehead atoms. The lowest BCUT2D eigenvalue weighted by molar-refractivity contribution is -0.118. The second-order valence-electron chi connectivity index (χ2n) is 4.66. The van der Waals surface area contributed by atoms with E-state index in [2.05, 4.69) is 5.32 Å². The Hall–Kier alpha value is -2.15. The highest BCUT2D eigenvalue weighted by atomic mass is 32.1. The number of carbonyl (C=O) groups excluding carboxylic acids is 2. The van der Waals surface area contributed by atoms with Crippen molar-refractivity contribution in [3.8, 4) is 0 Å². The number of anilines is 1. The lowest BCUT2D eigenvalue weighted by Gasteiger charge is -2.03. The molecule has 5 N–H and O–H groups in total. The Bertz CT molecular complexity index is 684. The number of hydrogen-bond acceptors (Lipinski definition) is 4. The molecule has 0 saturated carbocycles. The number of unbranched alkanes of at least 4 members (excludes halogenated alkanes) is 1. The number of fused-ring (bicyclic) bond motifs is 1. The van der Waals surface area contributed by atoms with Gasteiger partial charge in [-0.3, -0.25) is 9.59 Å². The number of nitrogens with one attached hydrogen (secondary N) is 1. The number of hydrogen-bond donors (Lipinski definition) is 3. The molecule has 2 amide bonds. The largest absolute Gasteiger partial charge is 0.397 e. The molecule has 0 spiro atoms. The predicted octanol–water partition coefficient (Wildman–Crippen LogP) is 2.01. The smallest absolute Gasteiger partial charge is 0.263 e. The van der Waals surface area contributed by atoms with Crippen LogP contribution in [0.5, 0.6) is 0 Å². The van der Waals surface area contributed by atoms with E-state index in [-0.39, 0.29) is 17.6 Å². The summed E-state index contributed by atoms with van der Waals surface area (Å²) < 4.78 is 14.0. The van der Waals surface area contributed by atoms with Crippen LogP contribution in [0.3, 0.4) is 0 Å². The summed E-state index contributed by atoms with van der Waals surface area (Å²) in [4.78, 5) is 23.0. The van der Waals surface area contributed by atoms with Gasteiger partial charge in [0.05, 0.1) is 5.69 Å².